The zero-order chi connectivity index (χ0) is 14.4. The molecule has 0 aliphatic heterocycles. The van der Waals surface area contributed by atoms with Crippen molar-refractivity contribution >= 4 is 0 Å². The van der Waals surface area contributed by atoms with Gasteiger partial charge in [-0.3, -0.25) is 0 Å². The van der Waals surface area contributed by atoms with Crippen molar-refractivity contribution in [2.24, 2.45) is 11.8 Å². The minimum absolute atomic E-state index is 0.470. The molecule has 1 aliphatic rings. The zero-order valence-corrected chi connectivity index (χ0v) is 13.3. The lowest BCUT2D eigenvalue weighted by Crippen LogP contribution is -2.35. The van der Waals surface area contributed by atoms with Crippen LogP contribution in [-0.4, -0.2) is 31.6 Å². The van der Waals surface area contributed by atoms with E-state index in [0.29, 0.717) is 12.0 Å². The Bertz CT molecular complexity index is 372. The van der Waals surface area contributed by atoms with Gasteiger partial charge in [-0.1, -0.05) is 44.2 Å². The Morgan fingerprint density at radius 1 is 1.25 bits per heavy atom. The predicted octanol–water partition coefficient (Wildman–Crippen LogP) is 3.71. The van der Waals surface area contributed by atoms with Gasteiger partial charge < -0.3 is 10.2 Å². The van der Waals surface area contributed by atoms with Gasteiger partial charge in [-0.15, -0.1) is 0 Å². The minimum Gasteiger partial charge on any atom is -0.310 e. The summed E-state index contributed by atoms with van der Waals surface area (Å²) in [5.74, 6) is 1.61. The molecular weight excluding hydrogens is 244 g/mol. The molecule has 0 radical (unpaired) electrons. The van der Waals surface area contributed by atoms with Gasteiger partial charge in [0, 0.05) is 19.1 Å². The van der Waals surface area contributed by atoms with E-state index in [2.05, 4.69) is 61.4 Å². The maximum Gasteiger partial charge on any atom is 0.0358 e. The molecular formula is C18H30N2. The van der Waals surface area contributed by atoms with E-state index < -0.39 is 0 Å². The number of benzene rings is 1. The van der Waals surface area contributed by atoms with Gasteiger partial charge in [0.1, 0.15) is 0 Å². The quantitative estimate of drug-likeness (QED) is 0.738. The topological polar surface area (TPSA) is 15.3 Å². The molecule has 0 bridgehead atoms. The molecule has 1 fully saturated rings. The molecule has 0 heterocycles. The number of hydrogen-bond donors (Lipinski definition) is 1. The standard InChI is InChI=1S/C18H30N2/c1-4-12-19-18(17-8-6-5-7-9-17)15(2)13-20(3)14-16-10-11-16/h5-9,15-16,18-19H,4,10-14H2,1-3H3. The van der Waals surface area contributed by atoms with Gasteiger partial charge >= 0.3 is 0 Å². The second-order valence-electron chi connectivity index (χ2n) is 6.48. The van der Waals surface area contributed by atoms with Crippen molar-refractivity contribution in [2.45, 2.75) is 39.2 Å². The van der Waals surface area contributed by atoms with Crippen molar-refractivity contribution in [1.29, 1.82) is 0 Å². The molecule has 2 unspecified atom stereocenters. The Balaban J connectivity index is 1.93. The first-order valence-corrected chi connectivity index (χ1v) is 8.17. The van der Waals surface area contributed by atoms with Crippen LogP contribution in [0.15, 0.2) is 30.3 Å². The Hall–Kier alpha value is -0.860. The van der Waals surface area contributed by atoms with Crippen molar-refractivity contribution < 1.29 is 0 Å². The third-order valence-electron chi connectivity index (χ3n) is 4.21. The van der Waals surface area contributed by atoms with Gasteiger partial charge in [0.2, 0.25) is 0 Å². The van der Waals surface area contributed by atoms with Crippen LogP contribution in [0.2, 0.25) is 0 Å². The molecule has 2 rings (SSSR count). The van der Waals surface area contributed by atoms with E-state index in [4.69, 9.17) is 0 Å². The number of nitrogens with one attached hydrogen (secondary N) is 1. The SMILES string of the molecule is CCCNC(c1ccccc1)C(C)CN(C)CC1CC1. The summed E-state index contributed by atoms with van der Waals surface area (Å²) in [6.45, 7) is 8.16. The number of rotatable bonds is 9. The fraction of sp³-hybridized carbons (Fsp3) is 0.667. The van der Waals surface area contributed by atoms with E-state index in [-0.39, 0.29) is 0 Å². The lowest BCUT2D eigenvalue weighted by atomic mass is 9.93. The van der Waals surface area contributed by atoms with Crippen molar-refractivity contribution in [2.75, 3.05) is 26.7 Å². The highest BCUT2D eigenvalue weighted by Crippen LogP contribution is 2.30. The predicted molar refractivity (Wildman–Crippen MR) is 86.9 cm³/mol. The molecule has 0 aromatic heterocycles. The molecule has 2 heteroatoms. The molecule has 0 saturated heterocycles. The third kappa shape index (κ3) is 4.92. The highest BCUT2D eigenvalue weighted by molar-refractivity contribution is 5.19. The molecule has 0 spiro atoms. The summed E-state index contributed by atoms with van der Waals surface area (Å²) in [5, 5.41) is 3.73. The van der Waals surface area contributed by atoms with Crippen LogP contribution in [-0.2, 0) is 0 Å². The first kappa shape index (κ1) is 15.5. The first-order valence-electron chi connectivity index (χ1n) is 8.17. The van der Waals surface area contributed by atoms with Crippen molar-refractivity contribution in [3.8, 4) is 0 Å². The second kappa shape index (κ2) is 7.80. The summed E-state index contributed by atoms with van der Waals surface area (Å²) < 4.78 is 0. The Morgan fingerprint density at radius 2 is 1.95 bits per heavy atom. The van der Waals surface area contributed by atoms with Crippen LogP contribution < -0.4 is 5.32 Å². The maximum absolute atomic E-state index is 3.73. The van der Waals surface area contributed by atoms with Crippen LogP contribution in [0, 0.1) is 11.8 Å². The van der Waals surface area contributed by atoms with Gasteiger partial charge in [-0.25, -0.2) is 0 Å². The summed E-state index contributed by atoms with van der Waals surface area (Å²) in [7, 11) is 2.27. The largest absolute Gasteiger partial charge is 0.310 e. The maximum atomic E-state index is 3.73. The molecule has 112 valence electrons. The number of nitrogens with zero attached hydrogens (tertiary/aromatic N) is 1. The molecule has 0 amide bonds. The van der Waals surface area contributed by atoms with Crippen LogP contribution >= 0.6 is 0 Å². The molecule has 2 nitrogen and oxygen atoms in total. The molecule has 1 aromatic carbocycles. The highest BCUT2D eigenvalue weighted by Gasteiger charge is 2.25. The molecule has 1 aliphatic carbocycles. The smallest absolute Gasteiger partial charge is 0.0358 e. The van der Waals surface area contributed by atoms with Crippen molar-refractivity contribution in [1.82, 2.24) is 10.2 Å². The van der Waals surface area contributed by atoms with Crippen LogP contribution in [0.3, 0.4) is 0 Å². The summed E-state index contributed by atoms with van der Waals surface area (Å²) in [6, 6.07) is 11.4. The van der Waals surface area contributed by atoms with Crippen LogP contribution in [0.1, 0.15) is 44.7 Å². The molecule has 1 saturated carbocycles. The Morgan fingerprint density at radius 3 is 2.55 bits per heavy atom. The van der Waals surface area contributed by atoms with Crippen molar-refractivity contribution in [3.05, 3.63) is 35.9 Å². The lowest BCUT2D eigenvalue weighted by molar-refractivity contribution is 0.240. The van der Waals surface area contributed by atoms with Crippen LogP contribution in [0.5, 0.6) is 0 Å². The van der Waals surface area contributed by atoms with Crippen LogP contribution in [0.4, 0.5) is 0 Å². The number of hydrogen-bond acceptors (Lipinski definition) is 2. The lowest BCUT2D eigenvalue weighted by Gasteiger charge is -2.29. The van der Waals surface area contributed by atoms with Gasteiger partial charge in [0.25, 0.3) is 0 Å². The average molecular weight is 274 g/mol. The monoisotopic (exact) mass is 274 g/mol. The van der Waals surface area contributed by atoms with E-state index in [1.54, 1.807) is 0 Å². The average Bonchev–Trinajstić information content (AvgIpc) is 3.24. The highest BCUT2D eigenvalue weighted by atomic mass is 15.1. The van der Waals surface area contributed by atoms with Gasteiger partial charge in [-0.05, 0) is 50.3 Å². The van der Waals surface area contributed by atoms with Gasteiger partial charge in [0.15, 0.2) is 0 Å². The normalized spacial score (nSPS) is 18.2. The van der Waals surface area contributed by atoms with E-state index in [9.17, 15) is 0 Å². The fourth-order valence-corrected chi connectivity index (χ4v) is 3.02. The molecule has 1 N–H and O–H groups in total. The first-order chi connectivity index (χ1) is 9.70. The van der Waals surface area contributed by atoms with Crippen molar-refractivity contribution in [3.63, 3.8) is 0 Å². The van der Waals surface area contributed by atoms with Gasteiger partial charge in [-0.2, -0.15) is 0 Å². The molecule has 1 aromatic rings. The van der Waals surface area contributed by atoms with Crippen LogP contribution in [0.25, 0.3) is 0 Å². The fourth-order valence-electron chi connectivity index (χ4n) is 3.02. The zero-order valence-electron chi connectivity index (χ0n) is 13.3. The molecule has 2 atom stereocenters. The summed E-state index contributed by atoms with van der Waals surface area (Å²) in [4.78, 5) is 2.52. The van der Waals surface area contributed by atoms with E-state index >= 15 is 0 Å². The molecule has 20 heavy (non-hydrogen) atoms. The third-order valence-corrected chi connectivity index (χ3v) is 4.21. The van der Waals surface area contributed by atoms with E-state index in [1.807, 2.05) is 0 Å². The van der Waals surface area contributed by atoms with E-state index in [1.165, 1.54) is 37.9 Å². The Kier molecular flexibility index (Phi) is 6.06. The van der Waals surface area contributed by atoms with Gasteiger partial charge in [0.05, 0.1) is 0 Å². The summed E-state index contributed by atoms with van der Waals surface area (Å²) in [6.07, 6.45) is 4.07. The van der Waals surface area contributed by atoms with E-state index in [0.717, 1.165) is 12.5 Å². The summed E-state index contributed by atoms with van der Waals surface area (Å²) in [5.41, 5.74) is 1.42. The summed E-state index contributed by atoms with van der Waals surface area (Å²) >= 11 is 0. The Labute approximate surface area is 124 Å². The minimum atomic E-state index is 0.470. The second-order valence-corrected chi connectivity index (χ2v) is 6.48.